The largest absolute Gasteiger partial charge is 0.478 e. The first-order valence-corrected chi connectivity index (χ1v) is 8.97. The number of carbonyl (C=O) groups is 2. The third-order valence-electron chi connectivity index (χ3n) is 4.40. The summed E-state index contributed by atoms with van der Waals surface area (Å²) in [6, 6.07) is 11.0. The van der Waals surface area contributed by atoms with Crippen LogP contribution in [-0.2, 0) is 16.1 Å². The lowest BCUT2D eigenvalue weighted by Gasteiger charge is -2.34. The molecule has 1 atom stereocenters. The van der Waals surface area contributed by atoms with Gasteiger partial charge in [0.05, 0.1) is 29.3 Å². The Kier molecular flexibility index (Phi) is 5.58. The smallest absolute Gasteiger partial charge is 0.338 e. The van der Waals surface area contributed by atoms with E-state index in [0.29, 0.717) is 29.0 Å². The van der Waals surface area contributed by atoms with Crippen LogP contribution in [0.4, 0.5) is 11.4 Å². The number of rotatable bonds is 6. The average molecular weight is 384 g/mol. The molecule has 8 nitrogen and oxygen atoms in total. The van der Waals surface area contributed by atoms with Crippen LogP contribution in [0.5, 0.6) is 5.75 Å². The van der Waals surface area contributed by atoms with Gasteiger partial charge in [-0.1, -0.05) is 19.1 Å². The van der Waals surface area contributed by atoms with Crippen molar-refractivity contribution in [2.45, 2.75) is 32.9 Å². The maximum atomic E-state index is 12.9. The van der Waals surface area contributed by atoms with Crippen molar-refractivity contribution in [3.63, 3.8) is 0 Å². The Morgan fingerprint density at radius 3 is 2.71 bits per heavy atom. The zero-order valence-electron chi connectivity index (χ0n) is 15.6. The van der Waals surface area contributed by atoms with Crippen molar-refractivity contribution in [3.8, 4) is 5.75 Å². The van der Waals surface area contributed by atoms with Crippen molar-refractivity contribution >= 4 is 23.3 Å². The number of nitro benzene ring substituents is 1. The Bertz CT molecular complexity index is 927. The van der Waals surface area contributed by atoms with Gasteiger partial charge in [-0.25, -0.2) is 4.79 Å². The summed E-state index contributed by atoms with van der Waals surface area (Å²) in [7, 11) is 0. The van der Waals surface area contributed by atoms with Gasteiger partial charge >= 0.3 is 5.97 Å². The van der Waals surface area contributed by atoms with Gasteiger partial charge in [0.15, 0.2) is 6.10 Å². The molecule has 146 valence electrons. The second-order valence-corrected chi connectivity index (χ2v) is 6.27. The molecular weight excluding hydrogens is 364 g/mol. The number of non-ortho nitro benzene ring substituents is 1. The minimum Gasteiger partial charge on any atom is -0.478 e. The Labute approximate surface area is 161 Å². The summed E-state index contributed by atoms with van der Waals surface area (Å²) in [5.74, 6) is -0.309. The number of anilines is 1. The Morgan fingerprint density at radius 2 is 2.04 bits per heavy atom. The highest BCUT2D eigenvalue weighted by atomic mass is 16.6. The van der Waals surface area contributed by atoms with E-state index < -0.39 is 17.0 Å². The number of hydrogen-bond donors (Lipinski definition) is 0. The van der Waals surface area contributed by atoms with E-state index in [2.05, 4.69) is 0 Å². The van der Waals surface area contributed by atoms with Gasteiger partial charge in [0.25, 0.3) is 11.6 Å². The summed E-state index contributed by atoms with van der Waals surface area (Å²) in [6.45, 7) is 3.97. The molecule has 0 saturated heterocycles. The molecule has 0 radical (unpaired) electrons. The second kappa shape index (κ2) is 8.08. The Hall–Kier alpha value is -3.42. The SMILES string of the molecule is CCOC(=O)c1cccc(CN2C(=O)C(CC)Oc3ccc([N+](=O)[O-])cc32)c1. The van der Waals surface area contributed by atoms with Crippen LogP contribution in [0.2, 0.25) is 0 Å². The molecule has 1 heterocycles. The average Bonchev–Trinajstić information content (AvgIpc) is 2.69. The molecule has 0 fully saturated rings. The third-order valence-corrected chi connectivity index (χ3v) is 4.40. The van der Waals surface area contributed by atoms with Crippen LogP contribution < -0.4 is 9.64 Å². The molecule has 0 saturated carbocycles. The first-order chi connectivity index (χ1) is 13.4. The Balaban J connectivity index is 1.97. The molecule has 1 amide bonds. The molecule has 28 heavy (non-hydrogen) atoms. The fourth-order valence-corrected chi connectivity index (χ4v) is 3.04. The summed E-state index contributed by atoms with van der Waals surface area (Å²) in [5.41, 5.74) is 1.29. The number of esters is 1. The summed E-state index contributed by atoms with van der Waals surface area (Å²) >= 11 is 0. The molecule has 1 aliphatic heterocycles. The molecule has 0 aliphatic carbocycles. The maximum Gasteiger partial charge on any atom is 0.338 e. The first-order valence-electron chi connectivity index (χ1n) is 8.97. The molecule has 0 spiro atoms. The number of ether oxygens (including phenoxy) is 2. The van der Waals surface area contributed by atoms with Crippen LogP contribution in [-0.4, -0.2) is 29.5 Å². The van der Waals surface area contributed by atoms with E-state index in [9.17, 15) is 19.7 Å². The van der Waals surface area contributed by atoms with Crippen molar-refractivity contribution in [1.29, 1.82) is 0 Å². The second-order valence-electron chi connectivity index (χ2n) is 6.27. The quantitative estimate of drug-likeness (QED) is 0.430. The van der Waals surface area contributed by atoms with E-state index in [1.807, 2.05) is 6.92 Å². The van der Waals surface area contributed by atoms with Gasteiger partial charge in [-0.15, -0.1) is 0 Å². The van der Waals surface area contributed by atoms with Gasteiger partial charge in [0.2, 0.25) is 0 Å². The van der Waals surface area contributed by atoms with Crippen LogP contribution in [0.15, 0.2) is 42.5 Å². The van der Waals surface area contributed by atoms with E-state index in [4.69, 9.17) is 9.47 Å². The van der Waals surface area contributed by atoms with E-state index in [-0.39, 0.29) is 24.7 Å². The zero-order chi connectivity index (χ0) is 20.3. The summed E-state index contributed by atoms with van der Waals surface area (Å²) in [5, 5.41) is 11.1. The van der Waals surface area contributed by atoms with Gasteiger partial charge in [-0.2, -0.15) is 0 Å². The molecule has 2 aromatic rings. The van der Waals surface area contributed by atoms with Gasteiger partial charge in [0.1, 0.15) is 5.75 Å². The highest BCUT2D eigenvalue weighted by molar-refractivity contribution is 6.00. The van der Waals surface area contributed by atoms with Crippen molar-refractivity contribution in [2.75, 3.05) is 11.5 Å². The number of nitro groups is 1. The highest BCUT2D eigenvalue weighted by Crippen LogP contribution is 2.38. The number of amides is 1. The lowest BCUT2D eigenvalue weighted by atomic mass is 10.1. The fraction of sp³-hybridized carbons (Fsp3) is 0.300. The number of nitrogens with zero attached hydrogens (tertiary/aromatic N) is 2. The van der Waals surface area contributed by atoms with Crippen molar-refractivity contribution in [1.82, 2.24) is 0 Å². The summed E-state index contributed by atoms with van der Waals surface area (Å²) in [6.07, 6.45) is -0.198. The topological polar surface area (TPSA) is 99.0 Å². The highest BCUT2D eigenvalue weighted by Gasteiger charge is 2.34. The van der Waals surface area contributed by atoms with Crippen molar-refractivity contribution in [3.05, 3.63) is 63.7 Å². The van der Waals surface area contributed by atoms with Crippen molar-refractivity contribution < 1.29 is 24.0 Å². The number of carbonyl (C=O) groups excluding carboxylic acids is 2. The molecule has 0 N–H and O–H groups in total. The molecule has 1 unspecified atom stereocenters. The van der Waals surface area contributed by atoms with E-state index in [1.54, 1.807) is 31.2 Å². The maximum absolute atomic E-state index is 12.9. The molecule has 2 aromatic carbocycles. The molecule has 0 bridgehead atoms. The first kappa shape index (κ1) is 19.3. The van der Waals surface area contributed by atoms with Gasteiger partial charge in [0, 0.05) is 12.1 Å². The lowest BCUT2D eigenvalue weighted by molar-refractivity contribution is -0.384. The molecule has 0 aromatic heterocycles. The van der Waals surface area contributed by atoms with Gasteiger partial charge in [-0.3, -0.25) is 14.9 Å². The Morgan fingerprint density at radius 1 is 1.25 bits per heavy atom. The van der Waals surface area contributed by atoms with Crippen LogP contribution in [0.3, 0.4) is 0 Å². The molecule has 1 aliphatic rings. The molecular formula is C20H20N2O6. The molecule has 3 rings (SSSR count). The monoisotopic (exact) mass is 384 g/mol. The normalized spacial score (nSPS) is 15.6. The van der Waals surface area contributed by atoms with Crippen LogP contribution >= 0.6 is 0 Å². The van der Waals surface area contributed by atoms with Crippen LogP contribution in [0.1, 0.15) is 36.2 Å². The van der Waals surface area contributed by atoms with Gasteiger partial charge < -0.3 is 14.4 Å². The summed E-state index contributed by atoms with van der Waals surface area (Å²) in [4.78, 5) is 36.9. The standard InChI is InChI=1S/C20H20N2O6/c1-3-17-19(23)21(16-11-15(22(25)26)8-9-18(16)28-17)12-13-6-5-7-14(10-13)20(24)27-4-2/h5-11,17H,3-4,12H2,1-2H3. The van der Waals surface area contributed by atoms with Crippen LogP contribution in [0.25, 0.3) is 0 Å². The minimum atomic E-state index is -0.665. The molecule has 8 heteroatoms. The third kappa shape index (κ3) is 3.80. The number of fused-ring (bicyclic) bond motifs is 1. The number of benzene rings is 2. The van der Waals surface area contributed by atoms with E-state index in [0.717, 1.165) is 0 Å². The summed E-state index contributed by atoms with van der Waals surface area (Å²) < 4.78 is 10.7. The predicted octanol–water partition coefficient (Wildman–Crippen LogP) is 3.48. The minimum absolute atomic E-state index is 0.129. The van der Waals surface area contributed by atoms with Crippen LogP contribution in [0, 0.1) is 10.1 Å². The van der Waals surface area contributed by atoms with Crippen molar-refractivity contribution in [2.24, 2.45) is 0 Å². The zero-order valence-corrected chi connectivity index (χ0v) is 15.6. The number of hydrogen-bond acceptors (Lipinski definition) is 6. The van der Waals surface area contributed by atoms with E-state index in [1.165, 1.54) is 23.1 Å². The van der Waals surface area contributed by atoms with E-state index >= 15 is 0 Å². The lowest BCUT2D eigenvalue weighted by Crippen LogP contribution is -2.45. The fourth-order valence-electron chi connectivity index (χ4n) is 3.04. The predicted molar refractivity (Wildman–Crippen MR) is 101 cm³/mol. The van der Waals surface area contributed by atoms with Gasteiger partial charge in [-0.05, 0) is 37.1 Å².